The zero-order valence-corrected chi connectivity index (χ0v) is 17.2. The van der Waals surface area contributed by atoms with Crippen LogP contribution in [0.25, 0.3) is 0 Å². The summed E-state index contributed by atoms with van der Waals surface area (Å²) in [6.07, 6.45) is 6.81. The molecular weight excluding hydrogens is 379 g/mol. The SMILES string of the molecule is CN(C)c1ccc2c(c1)OC1=CC(N(C)C)C=CC1C2c1[c-]cccc1.[Co]. The molecule has 4 rings (SSSR count). The monoisotopic (exact) mass is 404 g/mol. The number of hydrogen-bond acceptors (Lipinski definition) is 3. The molecule has 1 aliphatic carbocycles. The molecule has 1 heterocycles. The van der Waals surface area contributed by atoms with Gasteiger partial charge in [-0.3, -0.25) is 4.90 Å². The fourth-order valence-corrected chi connectivity index (χ4v) is 3.79. The van der Waals surface area contributed by atoms with E-state index in [9.17, 15) is 0 Å². The number of hydrogen-bond donors (Lipinski definition) is 0. The van der Waals surface area contributed by atoms with Crippen molar-refractivity contribution in [2.45, 2.75) is 12.0 Å². The molecule has 27 heavy (non-hydrogen) atoms. The van der Waals surface area contributed by atoms with Gasteiger partial charge in [-0.2, -0.15) is 35.9 Å². The van der Waals surface area contributed by atoms with Crippen LogP contribution in [0.5, 0.6) is 5.75 Å². The molecule has 0 saturated heterocycles. The second-order valence-electron chi connectivity index (χ2n) is 7.45. The van der Waals surface area contributed by atoms with Crippen LogP contribution in [0.3, 0.4) is 0 Å². The molecule has 0 spiro atoms. The normalized spacial score (nSPS) is 22.9. The number of likely N-dealkylation sites (N-methyl/N-ethyl adjacent to an activating group) is 1. The maximum Gasteiger partial charge on any atom is 0.132 e. The number of fused-ring (bicyclic) bond motifs is 2. The van der Waals surface area contributed by atoms with E-state index in [0.29, 0.717) is 0 Å². The molecule has 0 bridgehead atoms. The first kappa shape index (κ1) is 19.7. The van der Waals surface area contributed by atoms with E-state index in [0.717, 1.165) is 17.2 Å². The summed E-state index contributed by atoms with van der Waals surface area (Å²) in [4.78, 5) is 4.30. The van der Waals surface area contributed by atoms with E-state index < -0.39 is 0 Å². The molecule has 0 saturated carbocycles. The van der Waals surface area contributed by atoms with Crippen LogP contribution in [0.4, 0.5) is 5.69 Å². The molecule has 143 valence electrons. The first-order valence-corrected chi connectivity index (χ1v) is 9.07. The molecule has 4 heteroatoms. The van der Waals surface area contributed by atoms with Gasteiger partial charge in [-0.25, -0.2) is 0 Å². The Kier molecular flexibility index (Phi) is 5.80. The van der Waals surface area contributed by atoms with Gasteiger partial charge in [0, 0.05) is 66.1 Å². The minimum Gasteiger partial charge on any atom is -0.461 e. The van der Waals surface area contributed by atoms with Gasteiger partial charge in [-0.1, -0.05) is 18.2 Å². The van der Waals surface area contributed by atoms with Crippen LogP contribution in [-0.4, -0.2) is 39.1 Å². The Hall–Kier alpha value is -2.01. The molecule has 1 radical (unpaired) electrons. The van der Waals surface area contributed by atoms with Crippen LogP contribution >= 0.6 is 0 Å². The zero-order valence-electron chi connectivity index (χ0n) is 16.1. The van der Waals surface area contributed by atoms with Crippen LogP contribution in [0.2, 0.25) is 0 Å². The van der Waals surface area contributed by atoms with Crippen molar-refractivity contribution >= 4 is 5.69 Å². The van der Waals surface area contributed by atoms with Gasteiger partial charge in [0.25, 0.3) is 0 Å². The third-order valence-corrected chi connectivity index (χ3v) is 5.28. The number of allylic oxidation sites excluding steroid dienone is 1. The van der Waals surface area contributed by atoms with E-state index in [-0.39, 0.29) is 34.7 Å². The number of rotatable bonds is 3. The van der Waals surface area contributed by atoms with E-state index in [1.807, 2.05) is 12.1 Å². The Morgan fingerprint density at radius 2 is 1.81 bits per heavy atom. The first-order valence-electron chi connectivity index (χ1n) is 9.07. The summed E-state index contributed by atoms with van der Waals surface area (Å²) in [5.74, 6) is 2.43. The summed E-state index contributed by atoms with van der Waals surface area (Å²) in [6.45, 7) is 0. The molecule has 0 amide bonds. The Balaban J connectivity index is 0.00000210. The minimum absolute atomic E-state index is 0. The van der Waals surface area contributed by atoms with Gasteiger partial charge < -0.3 is 9.64 Å². The van der Waals surface area contributed by atoms with Crippen LogP contribution < -0.4 is 9.64 Å². The second kappa shape index (κ2) is 7.93. The van der Waals surface area contributed by atoms with Crippen LogP contribution in [0.1, 0.15) is 17.0 Å². The van der Waals surface area contributed by atoms with Crippen LogP contribution in [0.15, 0.2) is 66.5 Å². The molecule has 0 aromatic heterocycles. The van der Waals surface area contributed by atoms with Gasteiger partial charge in [-0.15, -0.1) is 0 Å². The summed E-state index contributed by atoms with van der Waals surface area (Å²) in [5.41, 5.74) is 3.58. The fraction of sp³-hybridized carbons (Fsp3) is 0.304. The minimum atomic E-state index is 0. The molecule has 2 aromatic carbocycles. The van der Waals surface area contributed by atoms with Crippen LogP contribution in [0, 0.1) is 12.0 Å². The zero-order chi connectivity index (χ0) is 18.3. The molecule has 3 nitrogen and oxygen atoms in total. The standard InChI is InChI=1S/C23H25N2O.Co/c1-24(2)17-10-12-19-21(14-17)26-22-15-18(25(3)4)11-13-20(22)23(19)16-8-6-5-7-9-16;/h5-8,10-15,17,19,23H,1-4H3;/q-1;. The van der Waals surface area contributed by atoms with Crippen molar-refractivity contribution in [3.8, 4) is 5.75 Å². The van der Waals surface area contributed by atoms with E-state index in [4.69, 9.17) is 4.74 Å². The number of benzene rings is 2. The molecule has 3 unspecified atom stereocenters. The van der Waals surface area contributed by atoms with Gasteiger partial charge >= 0.3 is 0 Å². The van der Waals surface area contributed by atoms with Crippen molar-refractivity contribution in [2.75, 3.05) is 33.1 Å². The van der Waals surface area contributed by atoms with Crippen molar-refractivity contribution in [1.82, 2.24) is 4.90 Å². The van der Waals surface area contributed by atoms with E-state index in [1.54, 1.807) is 0 Å². The predicted molar refractivity (Wildman–Crippen MR) is 107 cm³/mol. The van der Waals surface area contributed by atoms with E-state index in [2.05, 4.69) is 92.6 Å². The molecule has 3 atom stereocenters. The largest absolute Gasteiger partial charge is 0.461 e. The van der Waals surface area contributed by atoms with Crippen molar-refractivity contribution in [3.63, 3.8) is 0 Å². The maximum atomic E-state index is 6.40. The molecular formula is C23H25CoN2O-. The topological polar surface area (TPSA) is 15.7 Å². The first-order chi connectivity index (χ1) is 12.5. The quantitative estimate of drug-likeness (QED) is 0.567. The van der Waals surface area contributed by atoms with Gasteiger partial charge in [0.05, 0.1) is 0 Å². The fourth-order valence-electron chi connectivity index (χ4n) is 3.79. The van der Waals surface area contributed by atoms with Gasteiger partial charge in [0.15, 0.2) is 0 Å². The average Bonchev–Trinajstić information content (AvgIpc) is 2.65. The number of nitrogens with zero attached hydrogens (tertiary/aromatic N) is 2. The number of ether oxygens (including phenoxy) is 1. The van der Waals surface area contributed by atoms with Gasteiger partial charge in [0.2, 0.25) is 0 Å². The number of anilines is 1. The van der Waals surface area contributed by atoms with Crippen molar-refractivity contribution in [1.29, 1.82) is 0 Å². The van der Waals surface area contributed by atoms with Gasteiger partial charge in [-0.05, 0) is 26.2 Å². The maximum absolute atomic E-state index is 6.40. The molecule has 2 aromatic rings. The third-order valence-electron chi connectivity index (χ3n) is 5.28. The van der Waals surface area contributed by atoms with Gasteiger partial charge in [0.1, 0.15) is 11.5 Å². The predicted octanol–water partition coefficient (Wildman–Crippen LogP) is 4.07. The van der Waals surface area contributed by atoms with Crippen molar-refractivity contribution in [2.24, 2.45) is 5.92 Å². The van der Waals surface area contributed by atoms with Crippen molar-refractivity contribution < 1.29 is 21.5 Å². The molecule has 1 aliphatic heterocycles. The smallest absolute Gasteiger partial charge is 0.132 e. The third kappa shape index (κ3) is 3.70. The summed E-state index contributed by atoms with van der Waals surface area (Å²) < 4.78 is 6.40. The Morgan fingerprint density at radius 1 is 1.00 bits per heavy atom. The average molecular weight is 404 g/mol. The Bertz CT molecular complexity index is 858. The van der Waals surface area contributed by atoms with E-state index >= 15 is 0 Å². The Morgan fingerprint density at radius 3 is 2.48 bits per heavy atom. The molecule has 2 aliphatic rings. The second-order valence-corrected chi connectivity index (χ2v) is 7.45. The van der Waals surface area contributed by atoms with E-state index in [1.165, 1.54) is 11.1 Å². The summed E-state index contributed by atoms with van der Waals surface area (Å²) in [6, 6.07) is 18.5. The molecule has 0 fully saturated rings. The summed E-state index contributed by atoms with van der Waals surface area (Å²) >= 11 is 0. The summed E-state index contributed by atoms with van der Waals surface area (Å²) in [7, 11) is 8.30. The summed E-state index contributed by atoms with van der Waals surface area (Å²) in [5, 5.41) is 0. The molecule has 0 N–H and O–H groups in total. The Labute approximate surface area is 172 Å². The van der Waals surface area contributed by atoms with Crippen molar-refractivity contribution in [3.05, 3.63) is 83.6 Å². The van der Waals surface area contributed by atoms with Crippen LogP contribution in [-0.2, 0) is 16.8 Å².